The van der Waals surface area contributed by atoms with Gasteiger partial charge in [0.2, 0.25) is 0 Å². The van der Waals surface area contributed by atoms with Crippen LogP contribution in [-0.2, 0) is 23.6 Å². The number of carbonyl (C=O) groups excluding carboxylic acids is 2. The molecular weight excluding hydrogens is 385 g/mol. The van der Waals surface area contributed by atoms with E-state index >= 15 is 0 Å². The molecule has 0 N–H and O–H groups in total. The molecule has 0 unspecified atom stereocenters. The normalized spacial score (nSPS) is 27.0. The van der Waals surface area contributed by atoms with E-state index in [9.17, 15) is 9.59 Å². The number of carbonyl (C=O) groups is 2. The Bertz CT molecular complexity index is 845. The van der Waals surface area contributed by atoms with Crippen LogP contribution in [0.1, 0.15) is 66.8 Å². The predicted octanol–water partition coefficient (Wildman–Crippen LogP) is 4.09. The van der Waals surface area contributed by atoms with Crippen molar-refractivity contribution in [3.63, 3.8) is 0 Å². The van der Waals surface area contributed by atoms with Gasteiger partial charge in [-0.25, -0.2) is 9.59 Å². The number of benzene rings is 1. The van der Waals surface area contributed by atoms with Gasteiger partial charge in [-0.3, -0.25) is 4.90 Å². The van der Waals surface area contributed by atoms with Crippen molar-refractivity contribution in [3.8, 4) is 0 Å². The Morgan fingerprint density at radius 2 is 1.57 bits per heavy atom. The fraction of sp³-hybridized carbons (Fsp3) is 0.636. The average molecular weight is 417 g/mol. The number of rotatable bonds is 2. The number of methoxy groups -OCH3 is 1. The fourth-order valence-electron chi connectivity index (χ4n) is 4.10. The molecule has 7 nitrogen and oxygen atoms in total. The van der Waals surface area contributed by atoms with E-state index in [1.807, 2.05) is 45.9 Å². The first kappa shape index (κ1) is 22.6. The maximum absolute atomic E-state index is 13.3. The lowest BCUT2D eigenvalue weighted by Gasteiger charge is -2.38. The van der Waals surface area contributed by atoms with Crippen molar-refractivity contribution in [1.29, 1.82) is 0 Å². The molecule has 1 amide bonds. The number of anilines is 1. The summed E-state index contributed by atoms with van der Waals surface area (Å²) in [6.45, 7) is 14.8. The van der Waals surface area contributed by atoms with Crippen LogP contribution >= 0.6 is 0 Å². The van der Waals surface area contributed by atoms with Gasteiger partial charge in [0.05, 0.1) is 29.8 Å². The van der Waals surface area contributed by atoms with Crippen LogP contribution < -0.4 is 4.90 Å². The van der Waals surface area contributed by atoms with Gasteiger partial charge in [-0.05, 0) is 67.0 Å². The summed E-state index contributed by atoms with van der Waals surface area (Å²) >= 11 is 0. The van der Waals surface area contributed by atoms with Crippen molar-refractivity contribution in [2.75, 3.05) is 12.0 Å². The first-order valence-corrected chi connectivity index (χ1v) is 10.2. The summed E-state index contributed by atoms with van der Waals surface area (Å²) in [7, 11) is 0.554. The van der Waals surface area contributed by atoms with Crippen molar-refractivity contribution >= 4 is 24.9 Å². The lowest BCUT2D eigenvalue weighted by molar-refractivity contribution is -0.146. The van der Waals surface area contributed by atoms with Gasteiger partial charge in [0.1, 0.15) is 5.60 Å². The largest absolute Gasteiger partial charge is 0.468 e. The minimum atomic E-state index is -1.41. The van der Waals surface area contributed by atoms with Crippen molar-refractivity contribution in [3.05, 3.63) is 29.8 Å². The van der Waals surface area contributed by atoms with Crippen molar-refractivity contribution in [2.45, 2.75) is 83.5 Å². The summed E-state index contributed by atoms with van der Waals surface area (Å²) in [6, 6.07) is 7.37. The highest BCUT2D eigenvalue weighted by atomic mass is 16.7. The summed E-state index contributed by atoms with van der Waals surface area (Å²) in [5, 5.41) is 0. The van der Waals surface area contributed by atoms with Crippen LogP contribution in [0.15, 0.2) is 24.3 Å². The molecule has 2 heterocycles. The highest BCUT2D eigenvalue weighted by molar-refractivity contribution is 6.50. The Kier molecular flexibility index (Phi) is 5.27. The predicted molar refractivity (Wildman–Crippen MR) is 114 cm³/mol. The summed E-state index contributed by atoms with van der Waals surface area (Å²) in [4.78, 5) is 27.9. The lowest BCUT2D eigenvalue weighted by atomic mass is 9.60. The van der Waals surface area contributed by atoms with Crippen LogP contribution in [0.2, 0.25) is 0 Å². The number of amides is 1. The van der Waals surface area contributed by atoms with E-state index in [0.717, 1.165) is 5.56 Å². The number of hydrogen-bond acceptors (Lipinski definition) is 6. The first-order chi connectivity index (χ1) is 13.7. The van der Waals surface area contributed by atoms with Gasteiger partial charge in [0, 0.05) is 0 Å². The van der Waals surface area contributed by atoms with Crippen LogP contribution in [0.4, 0.5) is 10.5 Å². The van der Waals surface area contributed by atoms with Crippen molar-refractivity contribution < 1.29 is 28.4 Å². The molecule has 1 saturated heterocycles. The maximum atomic E-state index is 13.3. The van der Waals surface area contributed by atoms with Gasteiger partial charge < -0.3 is 18.8 Å². The zero-order valence-electron chi connectivity index (χ0n) is 19.4. The summed E-state index contributed by atoms with van der Waals surface area (Å²) in [5.74, 6) is -1.17. The number of para-hydroxylation sites is 1. The Balaban J connectivity index is 2.17. The third-order valence-electron chi connectivity index (χ3n) is 6.30. The van der Waals surface area contributed by atoms with Gasteiger partial charge >= 0.3 is 19.2 Å². The Labute approximate surface area is 179 Å². The highest BCUT2D eigenvalue weighted by Crippen LogP contribution is 2.53. The molecule has 164 valence electrons. The molecule has 0 radical (unpaired) electrons. The second-order valence-electron chi connectivity index (χ2n) is 10.1. The minimum Gasteiger partial charge on any atom is -0.467 e. The number of ether oxygens (including phenoxy) is 2. The molecule has 30 heavy (non-hydrogen) atoms. The monoisotopic (exact) mass is 417 g/mol. The molecule has 1 aromatic rings. The second-order valence-corrected chi connectivity index (χ2v) is 10.1. The second kappa shape index (κ2) is 6.99. The highest BCUT2D eigenvalue weighted by Gasteiger charge is 2.66. The third-order valence-corrected chi connectivity index (χ3v) is 6.30. The van der Waals surface area contributed by atoms with Crippen LogP contribution in [0, 0.1) is 0 Å². The molecule has 2 aliphatic rings. The SMILES string of the molecule is COC(=O)[C@@]1(C)[C@@H](B2OC(C)(C)C(C)(C)O2)c2ccccc2N1C(=O)OC(C)(C)C. The van der Waals surface area contributed by atoms with Gasteiger partial charge in [-0.15, -0.1) is 0 Å². The van der Waals surface area contributed by atoms with Gasteiger partial charge in [-0.2, -0.15) is 0 Å². The molecule has 2 aliphatic heterocycles. The van der Waals surface area contributed by atoms with E-state index in [4.69, 9.17) is 18.8 Å². The molecule has 1 fully saturated rings. The summed E-state index contributed by atoms with van der Waals surface area (Å²) in [6.07, 6.45) is -0.623. The Hall–Kier alpha value is -2.06. The smallest absolute Gasteiger partial charge is 0.467 e. The van der Waals surface area contributed by atoms with Crippen LogP contribution in [0.5, 0.6) is 0 Å². The van der Waals surface area contributed by atoms with Crippen LogP contribution in [0.3, 0.4) is 0 Å². The van der Waals surface area contributed by atoms with E-state index in [0.29, 0.717) is 5.69 Å². The van der Waals surface area contributed by atoms with E-state index < -0.39 is 47.3 Å². The average Bonchev–Trinajstić information content (AvgIpc) is 2.99. The molecular formula is C22H32BNO6. The van der Waals surface area contributed by atoms with Gasteiger partial charge in [-0.1, -0.05) is 18.2 Å². The maximum Gasteiger partial charge on any atom is 0.468 e. The summed E-state index contributed by atoms with van der Waals surface area (Å²) < 4.78 is 23.5. The molecule has 2 atom stereocenters. The number of hydrogen-bond donors (Lipinski definition) is 0. The van der Waals surface area contributed by atoms with Gasteiger partial charge in [0.15, 0.2) is 5.54 Å². The topological polar surface area (TPSA) is 74.3 Å². The number of fused-ring (bicyclic) bond motifs is 1. The van der Waals surface area contributed by atoms with E-state index in [1.54, 1.807) is 33.8 Å². The quantitative estimate of drug-likeness (QED) is 0.533. The molecule has 0 bridgehead atoms. The third kappa shape index (κ3) is 3.40. The molecule has 8 heteroatoms. The fourth-order valence-corrected chi connectivity index (χ4v) is 4.10. The van der Waals surface area contributed by atoms with E-state index in [2.05, 4.69) is 0 Å². The number of nitrogens with zero attached hydrogens (tertiary/aromatic N) is 1. The Morgan fingerprint density at radius 1 is 1.03 bits per heavy atom. The van der Waals surface area contributed by atoms with Crippen LogP contribution in [-0.4, -0.2) is 48.6 Å². The van der Waals surface area contributed by atoms with E-state index in [1.165, 1.54) is 12.0 Å². The minimum absolute atomic E-state index is 0.565. The molecule has 0 spiro atoms. The van der Waals surface area contributed by atoms with Crippen LogP contribution in [0.25, 0.3) is 0 Å². The lowest BCUT2D eigenvalue weighted by Crippen LogP contribution is -2.60. The zero-order chi connectivity index (χ0) is 22.7. The number of esters is 1. The first-order valence-electron chi connectivity index (χ1n) is 10.2. The molecule has 0 aromatic heterocycles. The van der Waals surface area contributed by atoms with E-state index in [-0.39, 0.29) is 0 Å². The standard InChI is InChI=1S/C22H32BNO6/c1-19(2,3)28-18(26)24-15-13-11-10-12-14(15)16(22(24,8)17(25)27-9)23-29-20(4,5)21(6,7)30-23/h10-13,16H,1-9H3/t16-,22+/m0/s1. The van der Waals surface area contributed by atoms with Gasteiger partial charge in [0.25, 0.3) is 0 Å². The van der Waals surface area contributed by atoms with Crippen molar-refractivity contribution in [1.82, 2.24) is 0 Å². The zero-order valence-corrected chi connectivity index (χ0v) is 19.4. The molecule has 0 aliphatic carbocycles. The Morgan fingerprint density at radius 3 is 2.07 bits per heavy atom. The molecule has 3 rings (SSSR count). The van der Waals surface area contributed by atoms with Crippen molar-refractivity contribution in [2.24, 2.45) is 0 Å². The summed E-state index contributed by atoms with van der Waals surface area (Å²) in [5.41, 5.74) is -1.98. The molecule has 1 aromatic carbocycles. The molecule has 0 saturated carbocycles.